The summed E-state index contributed by atoms with van der Waals surface area (Å²) in [6.07, 6.45) is 0. The Morgan fingerprint density at radius 3 is 2.74 bits per heavy atom. The van der Waals surface area contributed by atoms with Crippen LogP contribution in [-0.4, -0.2) is 42.2 Å². The quantitative estimate of drug-likeness (QED) is 0.878. The zero-order valence-electron chi connectivity index (χ0n) is 11.1. The van der Waals surface area contributed by atoms with Gasteiger partial charge in [-0.2, -0.15) is 4.98 Å². The lowest BCUT2D eigenvalue weighted by Crippen LogP contribution is -2.27. The highest BCUT2D eigenvalue weighted by atomic mass is 35.5. The molecule has 0 saturated heterocycles. The number of benzene rings is 1. The van der Waals surface area contributed by atoms with Gasteiger partial charge in [0.2, 0.25) is 0 Å². The maximum Gasteiger partial charge on any atom is 0.257 e. The highest BCUT2D eigenvalue weighted by molar-refractivity contribution is 6.30. The minimum Gasteiger partial charge on any atom is -0.334 e. The van der Waals surface area contributed by atoms with Crippen molar-refractivity contribution in [2.24, 2.45) is 0 Å². The molecular formula is C13H17ClN4O. The first-order chi connectivity index (χ1) is 9.19. The van der Waals surface area contributed by atoms with Crippen molar-refractivity contribution in [3.63, 3.8) is 0 Å². The molecule has 0 fully saturated rings. The first-order valence-electron chi connectivity index (χ1n) is 6.10. The lowest BCUT2D eigenvalue weighted by atomic mass is 10.2. The summed E-state index contributed by atoms with van der Waals surface area (Å²) in [4.78, 5) is 6.51. The fraction of sp³-hybridized carbons (Fsp3) is 0.385. The maximum atomic E-state index is 5.84. The van der Waals surface area contributed by atoms with E-state index in [2.05, 4.69) is 20.4 Å². The molecule has 102 valence electrons. The number of rotatable bonds is 6. The van der Waals surface area contributed by atoms with Crippen molar-refractivity contribution in [1.82, 2.24) is 20.4 Å². The predicted molar refractivity (Wildman–Crippen MR) is 75.0 cm³/mol. The molecule has 1 N–H and O–H groups in total. The average molecular weight is 281 g/mol. The minimum absolute atomic E-state index is 0.522. The van der Waals surface area contributed by atoms with Crippen molar-refractivity contribution in [2.45, 2.75) is 6.54 Å². The van der Waals surface area contributed by atoms with Crippen molar-refractivity contribution in [3.05, 3.63) is 35.1 Å². The fourth-order valence-corrected chi connectivity index (χ4v) is 1.78. The Morgan fingerprint density at radius 1 is 1.32 bits per heavy atom. The van der Waals surface area contributed by atoms with Crippen molar-refractivity contribution in [3.8, 4) is 11.5 Å². The van der Waals surface area contributed by atoms with E-state index in [1.807, 2.05) is 26.2 Å². The Hall–Kier alpha value is -1.43. The van der Waals surface area contributed by atoms with E-state index in [0.717, 1.165) is 18.7 Å². The highest BCUT2D eigenvalue weighted by Crippen LogP contribution is 2.19. The van der Waals surface area contributed by atoms with Crippen molar-refractivity contribution >= 4 is 11.6 Å². The molecule has 0 aliphatic rings. The first-order valence-corrected chi connectivity index (χ1v) is 6.48. The number of nitrogens with one attached hydrogen (secondary N) is 1. The molecule has 1 aromatic heterocycles. The van der Waals surface area contributed by atoms with Crippen LogP contribution in [0.25, 0.3) is 11.5 Å². The Kier molecular flexibility index (Phi) is 4.90. The summed E-state index contributed by atoms with van der Waals surface area (Å²) in [5.41, 5.74) is 0.876. The van der Waals surface area contributed by atoms with Gasteiger partial charge in [0.1, 0.15) is 0 Å². The van der Waals surface area contributed by atoms with E-state index >= 15 is 0 Å². The zero-order chi connectivity index (χ0) is 13.7. The van der Waals surface area contributed by atoms with Crippen molar-refractivity contribution < 1.29 is 4.52 Å². The molecule has 1 aromatic carbocycles. The van der Waals surface area contributed by atoms with Gasteiger partial charge in [0.15, 0.2) is 5.82 Å². The molecule has 1 heterocycles. The van der Waals surface area contributed by atoms with Gasteiger partial charge in [-0.15, -0.1) is 0 Å². The predicted octanol–water partition coefficient (Wildman–Crippen LogP) is 2.04. The number of nitrogens with zero attached hydrogens (tertiary/aromatic N) is 3. The third-order valence-corrected chi connectivity index (χ3v) is 2.97. The van der Waals surface area contributed by atoms with Crippen molar-refractivity contribution in [2.75, 3.05) is 27.2 Å². The molecular weight excluding hydrogens is 264 g/mol. The summed E-state index contributed by atoms with van der Waals surface area (Å²) in [5.74, 6) is 1.21. The molecule has 0 aliphatic heterocycles. The van der Waals surface area contributed by atoms with Gasteiger partial charge < -0.3 is 9.84 Å². The van der Waals surface area contributed by atoms with Gasteiger partial charge in [-0.3, -0.25) is 4.90 Å². The Labute approximate surface area is 117 Å². The highest BCUT2D eigenvalue weighted by Gasteiger charge is 2.10. The third-order valence-electron chi connectivity index (χ3n) is 2.71. The van der Waals surface area contributed by atoms with Crippen LogP contribution in [0.3, 0.4) is 0 Å². The number of hydrogen-bond acceptors (Lipinski definition) is 5. The lowest BCUT2D eigenvalue weighted by Gasteiger charge is -2.13. The van der Waals surface area contributed by atoms with Crippen LogP contribution in [0.1, 0.15) is 5.82 Å². The van der Waals surface area contributed by atoms with Gasteiger partial charge in [0, 0.05) is 23.7 Å². The summed E-state index contributed by atoms with van der Waals surface area (Å²) < 4.78 is 5.25. The van der Waals surface area contributed by atoms with Gasteiger partial charge >= 0.3 is 0 Å². The smallest absolute Gasteiger partial charge is 0.257 e. The molecule has 0 spiro atoms. The summed E-state index contributed by atoms with van der Waals surface area (Å²) in [5, 5.41) is 7.77. The summed E-state index contributed by atoms with van der Waals surface area (Å²) in [7, 11) is 3.95. The van der Waals surface area contributed by atoms with Crippen LogP contribution in [0.15, 0.2) is 28.8 Å². The molecule has 0 bridgehead atoms. The van der Waals surface area contributed by atoms with Crippen LogP contribution in [-0.2, 0) is 6.54 Å². The van der Waals surface area contributed by atoms with Crippen LogP contribution in [0, 0.1) is 0 Å². The molecule has 19 heavy (non-hydrogen) atoms. The average Bonchev–Trinajstić information content (AvgIpc) is 2.85. The second kappa shape index (κ2) is 6.65. The van der Waals surface area contributed by atoms with E-state index in [-0.39, 0.29) is 0 Å². The second-order valence-corrected chi connectivity index (χ2v) is 4.80. The van der Waals surface area contributed by atoms with Crippen LogP contribution in [0.5, 0.6) is 0 Å². The Balaban J connectivity index is 2.00. The van der Waals surface area contributed by atoms with Crippen LogP contribution in [0.4, 0.5) is 0 Å². The number of aromatic nitrogens is 2. The first kappa shape index (κ1) is 14.0. The fourth-order valence-electron chi connectivity index (χ4n) is 1.65. The van der Waals surface area contributed by atoms with Crippen molar-refractivity contribution in [1.29, 1.82) is 0 Å². The van der Waals surface area contributed by atoms with Gasteiger partial charge in [-0.25, -0.2) is 0 Å². The van der Waals surface area contributed by atoms with Crippen LogP contribution < -0.4 is 5.32 Å². The van der Waals surface area contributed by atoms with E-state index in [4.69, 9.17) is 16.1 Å². The van der Waals surface area contributed by atoms with E-state index < -0.39 is 0 Å². The molecule has 5 nitrogen and oxygen atoms in total. The Morgan fingerprint density at radius 2 is 2.05 bits per heavy atom. The Bertz CT molecular complexity index is 512. The maximum absolute atomic E-state index is 5.84. The van der Waals surface area contributed by atoms with Gasteiger partial charge in [-0.1, -0.05) is 16.8 Å². The van der Waals surface area contributed by atoms with Crippen LogP contribution in [0.2, 0.25) is 5.02 Å². The topological polar surface area (TPSA) is 54.2 Å². The monoisotopic (exact) mass is 280 g/mol. The number of likely N-dealkylation sites (N-methyl/N-ethyl adjacent to an activating group) is 2. The van der Waals surface area contributed by atoms with Gasteiger partial charge in [0.05, 0.1) is 6.54 Å². The normalized spacial score (nSPS) is 11.2. The molecule has 2 rings (SSSR count). The van der Waals surface area contributed by atoms with E-state index in [9.17, 15) is 0 Å². The van der Waals surface area contributed by atoms with Crippen LogP contribution >= 0.6 is 11.6 Å². The second-order valence-electron chi connectivity index (χ2n) is 4.36. The molecule has 0 saturated carbocycles. The molecule has 0 aliphatic carbocycles. The number of halogens is 1. The molecule has 2 aromatic rings. The van der Waals surface area contributed by atoms with Gasteiger partial charge in [0.25, 0.3) is 5.89 Å². The molecule has 0 amide bonds. The van der Waals surface area contributed by atoms with E-state index in [0.29, 0.717) is 23.3 Å². The summed E-state index contributed by atoms with van der Waals surface area (Å²) >= 11 is 5.84. The standard InChI is InChI=1S/C13H17ClN4O/c1-15-7-8-18(2)9-12-16-13(19-17-12)10-3-5-11(14)6-4-10/h3-6,15H,7-9H2,1-2H3. The van der Waals surface area contributed by atoms with E-state index in [1.54, 1.807) is 12.1 Å². The lowest BCUT2D eigenvalue weighted by molar-refractivity contribution is 0.311. The molecule has 6 heteroatoms. The summed E-state index contributed by atoms with van der Waals surface area (Å²) in [6, 6.07) is 7.34. The molecule has 0 radical (unpaired) electrons. The third kappa shape index (κ3) is 4.02. The number of hydrogen-bond donors (Lipinski definition) is 1. The SMILES string of the molecule is CNCCN(C)Cc1noc(-c2ccc(Cl)cc2)n1. The minimum atomic E-state index is 0.522. The van der Waals surface area contributed by atoms with Gasteiger partial charge in [-0.05, 0) is 38.4 Å². The molecule has 0 atom stereocenters. The summed E-state index contributed by atoms with van der Waals surface area (Å²) in [6.45, 7) is 2.53. The largest absolute Gasteiger partial charge is 0.334 e. The molecule has 0 unspecified atom stereocenters. The van der Waals surface area contributed by atoms with E-state index in [1.165, 1.54) is 0 Å². The zero-order valence-corrected chi connectivity index (χ0v) is 11.8.